The van der Waals surface area contributed by atoms with Crippen molar-refractivity contribution >= 4 is 17.4 Å². The van der Waals surface area contributed by atoms with E-state index in [1.54, 1.807) is 24.3 Å². The van der Waals surface area contributed by atoms with E-state index in [1.165, 1.54) is 0 Å². The van der Waals surface area contributed by atoms with Crippen LogP contribution in [0.1, 0.15) is 21.3 Å². The number of nitriles is 1. The molecule has 3 heteroatoms. The number of rotatable bonds is 4. The van der Waals surface area contributed by atoms with Crippen molar-refractivity contribution in [2.75, 3.05) is 0 Å². The molecule has 0 aliphatic carbocycles. The monoisotopic (exact) mass is 269 g/mol. The summed E-state index contributed by atoms with van der Waals surface area (Å²) in [5, 5.41) is 8.59. The number of Topliss-reactive ketones (excluding diaryl/α,β-unsaturated/α-hetero) is 1. The molecule has 2 aromatic carbocycles. The first-order valence-electron chi connectivity index (χ1n) is 5.92. The van der Waals surface area contributed by atoms with Crippen LogP contribution in [0.4, 0.5) is 0 Å². The molecule has 0 fully saturated rings. The minimum absolute atomic E-state index is 0.244. The topological polar surface area (TPSA) is 40.9 Å². The molecule has 0 aliphatic heterocycles. The minimum atomic E-state index is -0.883. The van der Waals surface area contributed by atoms with Crippen LogP contribution in [0.5, 0.6) is 0 Å². The Labute approximate surface area is 117 Å². The summed E-state index contributed by atoms with van der Waals surface area (Å²) < 4.78 is 0. The molecule has 19 heavy (non-hydrogen) atoms. The van der Waals surface area contributed by atoms with E-state index >= 15 is 0 Å². The van der Waals surface area contributed by atoms with Gasteiger partial charge in [0.15, 0.2) is 5.78 Å². The Kier molecular flexibility index (Phi) is 4.33. The fourth-order valence-corrected chi connectivity index (χ4v) is 2.18. The SMILES string of the molecule is N#CC(C(=O)c1ccccc1)C(Cl)c1ccccc1. The van der Waals surface area contributed by atoms with Crippen LogP contribution in [0.3, 0.4) is 0 Å². The summed E-state index contributed by atoms with van der Waals surface area (Å²) in [5.41, 5.74) is 1.29. The Morgan fingerprint density at radius 2 is 1.53 bits per heavy atom. The summed E-state index contributed by atoms with van der Waals surface area (Å²) in [5.74, 6) is -1.13. The van der Waals surface area contributed by atoms with E-state index < -0.39 is 11.3 Å². The van der Waals surface area contributed by atoms with Crippen LogP contribution in [0.25, 0.3) is 0 Å². The first-order chi connectivity index (χ1) is 9.24. The number of hydrogen-bond acceptors (Lipinski definition) is 2. The van der Waals surface area contributed by atoms with Crippen LogP contribution in [0, 0.1) is 17.2 Å². The van der Waals surface area contributed by atoms with Crippen molar-refractivity contribution in [1.82, 2.24) is 0 Å². The lowest BCUT2D eigenvalue weighted by molar-refractivity contribution is 0.0946. The van der Waals surface area contributed by atoms with Gasteiger partial charge in [-0.1, -0.05) is 60.7 Å². The number of ketones is 1. The van der Waals surface area contributed by atoms with Crippen molar-refractivity contribution in [3.05, 3.63) is 71.8 Å². The maximum atomic E-state index is 12.3. The molecule has 2 atom stereocenters. The van der Waals surface area contributed by atoms with Crippen molar-refractivity contribution < 1.29 is 4.79 Å². The molecule has 0 heterocycles. The number of halogens is 1. The van der Waals surface area contributed by atoms with Crippen LogP contribution in [0.2, 0.25) is 0 Å². The zero-order valence-corrected chi connectivity index (χ0v) is 10.9. The average Bonchev–Trinajstić information content (AvgIpc) is 2.49. The van der Waals surface area contributed by atoms with Gasteiger partial charge in [0.05, 0.1) is 11.4 Å². The van der Waals surface area contributed by atoms with Crippen molar-refractivity contribution in [3.63, 3.8) is 0 Å². The summed E-state index contributed by atoms with van der Waals surface area (Å²) >= 11 is 6.27. The third kappa shape index (κ3) is 3.01. The Bertz CT molecular complexity index is 589. The molecule has 0 spiro atoms. The molecule has 2 unspecified atom stereocenters. The van der Waals surface area contributed by atoms with Gasteiger partial charge >= 0.3 is 0 Å². The first-order valence-corrected chi connectivity index (χ1v) is 6.35. The van der Waals surface area contributed by atoms with Crippen molar-refractivity contribution in [2.45, 2.75) is 5.38 Å². The zero-order valence-electron chi connectivity index (χ0n) is 10.2. The minimum Gasteiger partial charge on any atom is -0.293 e. The van der Waals surface area contributed by atoms with Crippen molar-refractivity contribution in [1.29, 1.82) is 5.26 Å². The number of nitrogens with zero attached hydrogens (tertiary/aromatic N) is 1. The lowest BCUT2D eigenvalue weighted by Gasteiger charge is -2.15. The van der Waals surface area contributed by atoms with Crippen LogP contribution < -0.4 is 0 Å². The summed E-state index contributed by atoms with van der Waals surface area (Å²) in [6.07, 6.45) is 0. The highest BCUT2D eigenvalue weighted by Crippen LogP contribution is 2.30. The van der Waals surface area contributed by atoms with Gasteiger partial charge in [-0.3, -0.25) is 4.79 Å². The Morgan fingerprint density at radius 3 is 2.05 bits per heavy atom. The van der Waals surface area contributed by atoms with Gasteiger partial charge in [0, 0.05) is 5.56 Å². The maximum Gasteiger partial charge on any atom is 0.181 e. The number of alkyl halides is 1. The smallest absolute Gasteiger partial charge is 0.181 e. The van der Waals surface area contributed by atoms with Gasteiger partial charge in [-0.25, -0.2) is 0 Å². The van der Waals surface area contributed by atoms with Crippen LogP contribution >= 0.6 is 11.6 Å². The summed E-state index contributed by atoms with van der Waals surface area (Å²) in [4.78, 5) is 12.3. The molecule has 94 valence electrons. The number of carbonyl (C=O) groups is 1. The second-order valence-electron chi connectivity index (χ2n) is 4.15. The Morgan fingerprint density at radius 1 is 1.00 bits per heavy atom. The van der Waals surface area contributed by atoms with Gasteiger partial charge in [-0.15, -0.1) is 11.6 Å². The van der Waals surface area contributed by atoms with E-state index in [1.807, 2.05) is 42.5 Å². The largest absolute Gasteiger partial charge is 0.293 e. The molecule has 0 saturated heterocycles. The predicted octanol–water partition coefficient (Wildman–Crippen LogP) is 3.99. The van der Waals surface area contributed by atoms with Gasteiger partial charge < -0.3 is 0 Å². The molecular weight excluding hydrogens is 258 g/mol. The van der Waals surface area contributed by atoms with Gasteiger partial charge in [-0.05, 0) is 5.56 Å². The molecule has 0 N–H and O–H groups in total. The van der Waals surface area contributed by atoms with Crippen molar-refractivity contribution in [3.8, 4) is 6.07 Å². The second kappa shape index (κ2) is 6.17. The Balaban J connectivity index is 2.27. The van der Waals surface area contributed by atoms with E-state index in [2.05, 4.69) is 0 Å². The molecular formula is C16H12ClNO. The first kappa shape index (κ1) is 13.3. The molecule has 0 aliphatic rings. The lowest BCUT2D eigenvalue weighted by atomic mass is 9.92. The molecule has 0 radical (unpaired) electrons. The van der Waals surface area contributed by atoms with Crippen LogP contribution in [-0.4, -0.2) is 5.78 Å². The van der Waals surface area contributed by atoms with Crippen molar-refractivity contribution in [2.24, 2.45) is 5.92 Å². The number of carbonyl (C=O) groups excluding carboxylic acids is 1. The third-order valence-electron chi connectivity index (χ3n) is 2.89. The quantitative estimate of drug-likeness (QED) is 0.622. The highest BCUT2D eigenvalue weighted by atomic mass is 35.5. The van der Waals surface area contributed by atoms with Gasteiger partial charge in [0.1, 0.15) is 5.92 Å². The fraction of sp³-hybridized carbons (Fsp3) is 0.125. The molecule has 2 aromatic rings. The molecule has 2 rings (SSSR count). The zero-order chi connectivity index (χ0) is 13.7. The van der Waals surface area contributed by atoms with Crippen LogP contribution in [-0.2, 0) is 0 Å². The molecule has 0 saturated carbocycles. The standard InChI is InChI=1S/C16H12ClNO/c17-15(12-7-3-1-4-8-12)14(11-18)16(19)13-9-5-2-6-10-13/h1-10,14-15H. The predicted molar refractivity (Wildman–Crippen MR) is 74.9 cm³/mol. The van der Waals surface area contributed by atoms with Gasteiger partial charge in [0.2, 0.25) is 0 Å². The summed E-state index contributed by atoms with van der Waals surface area (Å²) in [6, 6.07) is 20.0. The molecule has 0 bridgehead atoms. The summed E-state index contributed by atoms with van der Waals surface area (Å²) in [6.45, 7) is 0. The third-order valence-corrected chi connectivity index (χ3v) is 3.39. The molecule has 2 nitrogen and oxygen atoms in total. The molecule has 0 aromatic heterocycles. The van der Waals surface area contributed by atoms with E-state index in [-0.39, 0.29) is 5.78 Å². The number of hydrogen-bond donors (Lipinski definition) is 0. The van der Waals surface area contributed by atoms with E-state index in [4.69, 9.17) is 11.6 Å². The number of benzene rings is 2. The lowest BCUT2D eigenvalue weighted by Crippen LogP contribution is -2.18. The fourth-order valence-electron chi connectivity index (χ4n) is 1.87. The van der Waals surface area contributed by atoms with Gasteiger partial charge in [0.25, 0.3) is 0 Å². The highest BCUT2D eigenvalue weighted by molar-refractivity contribution is 6.23. The summed E-state index contributed by atoms with van der Waals surface area (Å²) in [7, 11) is 0. The van der Waals surface area contributed by atoms with Crippen LogP contribution in [0.15, 0.2) is 60.7 Å². The van der Waals surface area contributed by atoms with E-state index in [0.29, 0.717) is 5.56 Å². The van der Waals surface area contributed by atoms with E-state index in [9.17, 15) is 10.1 Å². The Hall–Kier alpha value is -2.11. The normalized spacial score (nSPS) is 13.3. The highest BCUT2D eigenvalue weighted by Gasteiger charge is 2.28. The van der Waals surface area contributed by atoms with Gasteiger partial charge in [-0.2, -0.15) is 5.26 Å². The maximum absolute atomic E-state index is 12.3. The second-order valence-corrected chi connectivity index (χ2v) is 4.62. The van der Waals surface area contributed by atoms with E-state index in [0.717, 1.165) is 5.56 Å². The molecule has 0 amide bonds. The average molecular weight is 270 g/mol.